The van der Waals surface area contributed by atoms with Gasteiger partial charge in [0, 0.05) is 75.0 Å². The molecular formula is C21H27N6P. The van der Waals surface area contributed by atoms with Gasteiger partial charge in [0.05, 0.1) is 6.20 Å². The average molecular weight is 394 g/mol. The maximum absolute atomic E-state index is 4.36. The number of nitrogens with zero attached hydrogens (tertiary/aromatic N) is 5. The Bertz CT molecular complexity index is 773. The summed E-state index contributed by atoms with van der Waals surface area (Å²) >= 11 is 0. The van der Waals surface area contributed by atoms with E-state index in [4.69, 9.17) is 0 Å². The molecule has 0 radical (unpaired) electrons. The van der Waals surface area contributed by atoms with Crippen molar-refractivity contribution >= 4 is 15.1 Å². The van der Waals surface area contributed by atoms with Gasteiger partial charge in [-0.05, 0) is 36.8 Å². The molecule has 0 spiro atoms. The molecule has 1 N–H and O–H groups in total. The number of anilines is 1. The number of aromatic nitrogens is 2. The van der Waals surface area contributed by atoms with E-state index in [9.17, 15) is 0 Å². The number of benzene rings is 1. The molecule has 2 atom stereocenters. The Labute approximate surface area is 169 Å². The van der Waals surface area contributed by atoms with Crippen molar-refractivity contribution in [1.29, 1.82) is 0 Å². The zero-order chi connectivity index (χ0) is 19.3. The highest BCUT2D eigenvalue weighted by atomic mass is 31.0. The van der Waals surface area contributed by atoms with Gasteiger partial charge in [0.25, 0.3) is 0 Å². The Morgan fingerprint density at radius 2 is 1.96 bits per heavy atom. The van der Waals surface area contributed by atoms with Gasteiger partial charge < -0.3 is 9.80 Å². The summed E-state index contributed by atoms with van der Waals surface area (Å²) < 4.78 is 0. The van der Waals surface area contributed by atoms with Gasteiger partial charge in [0.2, 0.25) is 0 Å². The highest BCUT2D eigenvalue weighted by molar-refractivity contribution is 7.13. The van der Waals surface area contributed by atoms with Gasteiger partial charge >= 0.3 is 0 Å². The number of nitrogens with one attached hydrogen (secondary N) is 1. The van der Waals surface area contributed by atoms with Crippen molar-refractivity contribution in [3.8, 4) is 11.4 Å². The van der Waals surface area contributed by atoms with Gasteiger partial charge in [-0.3, -0.25) is 9.99 Å². The van der Waals surface area contributed by atoms with Gasteiger partial charge in [-0.15, -0.1) is 0 Å². The highest BCUT2D eigenvalue weighted by Crippen LogP contribution is 2.22. The van der Waals surface area contributed by atoms with E-state index in [0.717, 1.165) is 51.4 Å². The number of hydrogen-bond donors (Lipinski definition) is 1. The minimum absolute atomic E-state index is 0.593. The summed E-state index contributed by atoms with van der Waals surface area (Å²) in [5.41, 5.74) is 3.49. The lowest BCUT2D eigenvalue weighted by molar-refractivity contribution is 0.269. The summed E-state index contributed by atoms with van der Waals surface area (Å²) in [5.74, 6) is 0.687. The topological polar surface area (TPSA) is 47.5 Å². The van der Waals surface area contributed by atoms with Gasteiger partial charge in [-0.25, -0.2) is 4.98 Å². The van der Waals surface area contributed by atoms with Gasteiger partial charge in [-0.1, -0.05) is 16.0 Å². The monoisotopic (exact) mass is 394 g/mol. The fraction of sp³-hybridized carbons (Fsp3) is 0.429. The summed E-state index contributed by atoms with van der Waals surface area (Å²) in [6.07, 6.45) is 5.53. The molecule has 28 heavy (non-hydrogen) atoms. The Kier molecular flexibility index (Phi) is 6.07. The van der Waals surface area contributed by atoms with Crippen LogP contribution in [0.4, 0.5) is 5.69 Å². The molecule has 0 aliphatic carbocycles. The van der Waals surface area contributed by atoms with Crippen molar-refractivity contribution in [2.24, 2.45) is 0 Å². The molecule has 1 aromatic heterocycles. The first-order valence-electron chi connectivity index (χ1n) is 9.80. The van der Waals surface area contributed by atoms with Crippen LogP contribution >= 0.6 is 9.39 Å². The lowest BCUT2D eigenvalue weighted by Crippen LogP contribution is -2.47. The Morgan fingerprint density at radius 1 is 1.18 bits per heavy atom. The predicted octanol–water partition coefficient (Wildman–Crippen LogP) is 1.83. The summed E-state index contributed by atoms with van der Waals surface area (Å²) in [7, 11) is 2.64. The molecule has 2 saturated heterocycles. The van der Waals surface area contributed by atoms with Gasteiger partial charge in [-0.2, -0.15) is 4.98 Å². The van der Waals surface area contributed by atoms with Crippen LogP contribution in [0.2, 0.25) is 0 Å². The van der Waals surface area contributed by atoms with Crippen molar-refractivity contribution in [2.75, 3.05) is 50.7 Å². The third-order valence-electron chi connectivity index (χ3n) is 5.61. The van der Waals surface area contributed by atoms with Crippen LogP contribution in [0.25, 0.3) is 11.4 Å². The molecule has 2 unspecified atom stereocenters. The molecule has 6 nitrogen and oxygen atoms in total. The first-order chi connectivity index (χ1) is 13.7. The molecule has 4 rings (SSSR count). The van der Waals surface area contributed by atoms with Gasteiger partial charge in [0.15, 0.2) is 5.82 Å². The van der Waals surface area contributed by atoms with Crippen LogP contribution in [0.5, 0.6) is 0 Å². The third-order valence-corrected chi connectivity index (χ3v) is 6.08. The number of rotatable bonds is 6. The molecular weight excluding hydrogens is 367 g/mol. The molecule has 7 heteroatoms. The van der Waals surface area contributed by atoms with E-state index in [1.54, 1.807) is 6.20 Å². The molecule has 0 bridgehead atoms. The Morgan fingerprint density at radius 3 is 2.61 bits per heavy atom. The molecule has 0 saturated carbocycles. The van der Waals surface area contributed by atoms with Gasteiger partial charge in [0.1, 0.15) is 0 Å². The van der Waals surface area contributed by atoms with Crippen LogP contribution in [-0.4, -0.2) is 71.6 Å². The quantitative estimate of drug-likeness (QED) is 0.755. The van der Waals surface area contributed by atoms with Crippen LogP contribution in [0.3, 0.4) is 0 Å². The maximum atomic E-state index is 4.36. The fourth-order valence-electron chi connectivity index (χ4n) is 3.95. The van der Waals surface area contributed by atoms with E-state index in [-0.39, 0.29) is 0 Å². The maximum Gasteiger partial charge on any atom is 0.170 e. The zero-order valence-corrected chi connectivity index (χ0v) is 17.3. The van der Waals surface area contributed by atoms with Crippen molar-refractivity contribution in [1.82, 2.24) is 24.9 Å². The fourth-order valence-corrected chi connectivity index (χ4v) is 4.22. The van der Waals surface area contributed by atoms with E-state index >= 15 is 0 Å². The summed E-state index contributed by atoms with van der Waals surface area (Å²) in [6.45, 7) is 11.7. The van der Waals surface area contributed by atoms with E-state index in [0.29, 0.717) is 11.9 Å². The normalized spacial score (nSPS) is 20.2. The minimum Gasteiger partial charge on any atom is -0.371 e. The molecule has 2 aliphatic heterocycles. The second-order valence-electron chi connectivity index (χ2n) is 7.42. The predicted molar refractivity (Wildman–Crippen MR) is 116 cm³/mol. The molecule has 146 valence electrons. The van der Waals surface area contributed by atoms with Crippen molar-refractivity contribution in [3.63, 3.8) is 0 Å². The molecule has 3 heterocycles. The third kappa shape index (κ3) is 4.44. The van der Waals surface area contributed by atoms with Crippen LogP contribution in [0, 0.1) is 12.3 Å². The van der Waals surface area contributed by atoms with Crippen LogP contribution in [0.1, 0.15) is 6.42 Å². The second-order valence-corrected chi connectivity index (χ2v) is 7.76. The van der Waals surface area contributed by atoms with E-state index < -0.39 is 0 Å². The standard InChI is InChI=1S/C21H27N6P/c1-17(15-25-10-7-19(16-25)24-28)26-11-13-27(14-12-26)20-5-3-18(4-6-20)21-22-8-2-9-23-21/h3-6,8,19,24H,1,7,10-16,28H2. The Balaban J connectivity index is 1.28. The molecule has 2 aromatic rings. The van der Waals surface area contributed by atoms with Crippen molar-refractivity contribution in [3.05, 3.63) is 55.0 Å². The van der Waals surface area contributed by atoms with E-state index in [1.165, 1.54) is 17.8 Å². The lowest BCUT2D eigenvalue weighted by Gasteiger charge is -2.39. The molecule has 1 aromatic carbocycles. The van der Waals surface area contributed by atoms with Crippen molar-refractivity contribution < 1.29 is 0 Å². The van der Waals surface area contributed by atoms with E-state index in [2.05, 4.69) is 82.3 Å². The first kappa shape index (κ1) is 19.1. The number of likely N-dealkylation sites (tertiary alicyclic amines) is 1. The second kappa shape index (κ2) is 8.87. The number of hydrogen-bond acceptors (Lipinski definition) is 6. The summed E-state index contributed by atoms with van der Waals surface area (Å²) in [5, 5.41) is 3.30. The van der Waals surface area contributed by atoms with E-state index in [1.807, 2.05) is 0 Å². The van der Waals surface area contributed by atoms with Crippen molar-refractivity contribution in [2.45, 2.75) is 12.5 Å². The summed E-state index contributed by atoms with van der Waals surface area (Å²) in [6, 6.07) is 11.8. The van der Waals surface area contributed by atoms with Crippen LogP contribution < -0.4 is 9.99 Å². The van der Waals surface area contributed by atoms with Crippen LogP contribution in [-0.2, 0) is 0 Å². The molecule has 0 amide bonds. The Hall–Kier alpha value is -2.19. The average Bonchev–Trinajstić information content (AvgIpc) is 3.22. The molecule has 2 aliphatic rings. The van der Waals surface area contributed by atoms with Crippen LogP contribution in [0.15, 0.2) is 42.7 Å². The summed E-state index contributed by atoms with van der Waals surface area (Å²) in [4.78, 5) is 15.7. The largest absolute Gasteiger partial charge is 0.371 e. The lowest BCUT2D eigenvalue weighted by atomic mass is 10.1. The number of piperazine rings is 1. The smallest absolute Gasteiger partial charge is 0.170 e. The molecule has 2 fully saturated rings. The zero-order valence-electron chi connectivity index (χ0n) is 16.1. The minimum atomic E-state index is 0.593. The highest BCUT2D eigenvalue weighted by Gasteiger charge is 2.24. The first-order valence-corrected chi connectivity index (χ1v) is 10.4. The SMILES string of the molecule is C=C(CN1CCC(NP)C1)N1CCN(c2ccc(-c3nc#ccn3)cc2)CC1.